The number of carbonyl (C=O) groups is 1. The molecule has 0 spiro atoms. The van der Waals surface area contributed by atoms with Gasteiger partial charge >= 0.3 is 5.97 Å². The van der Waals surface area contributed by atoms with Crippen molar-refractivity contribution < 1.29 is 14.6 Å². The van der Waals surface area contributed by atoms with Crippen molar-refractivity contribution in [3.8, 4) is 0 Å². The summed E-state index contributed by atoms with van der Waals surface area (Å²) in [5.74, 6) is -0.0460. The van der Waals surface area contributed by atoms with Crippen molar-refractivity contribution in [2.45, 2.75) is 52.7 Å². The highest BCUT2D eigenvalue weighted by Gasteiger charge is 2.37. The second-order valence-electron chi connectivity index (χ2n) is 5.47. The van der Waals surface area contributed by atoms with Crippen LogP contribution in [0.2, 0.25) is 0 Å². The summed E-state index contributed by atoms with van der Waals surface area (Å²) >= 11 is 0. The molecule has 3 nitrogen and oxygen atoms in total. The third-order valence-electron chi connectivity index (χ3n) is 2.52. The van der Waals surface area contributed by atoms with Crippen LogP contribution in [-0.4, -0.2) is 23.3 Å². The van der Waals surface area contributed by atoms with E-state index in [1.54, 1.807) is 0 Å². The van der Waals surface area contributed by atoms with Gasteiger partial charge in [-0.25, -0.2) is 0 Å². The normalized spacial score (nSPS) is 30.2. The summed E-state index contributed by atoms with van der Waals surface area (Å²) in [6.45, 7) is 8.15. The number of aliphatic hydroxyl groups is 1. The van der Waals surface area contributed by atoms with E-state index in [0.717, 1.165) is 0 Å². The highest BCUT2D eigenvalue weighted by molar-refractivity contribution is 5.72. The predicted molar refractivity (Wildman–Crippen MR) is 53.7 cm³/mol. The molecule has 0 amide bonds. The zero-order valence-corrected chi connectivity index (χ0v) is 9.41. The van der Waals surface area contributed by atoms with Crippen LogP contribution in [0.3, 0.4) is 0 Å². The van der Waals surface area contributed by atoms with Crippen molar-refractivity contribution in [3.63, 3.8) is 0 Å². The largest absolute Gasteiger partial charge is 0.459 e. The van der Waals surface area contributed by atoms with Crippen LogP contribution in [0, 0.1) is 11.3 Å². The quantitative estimate of drug-likeness (QED) is 0.690. The number of hydrogen-bond acceptors (Lipinski definition) is 3. The number of carbonyl (C=O) groups excluding carboxylic acids is 1. The molecule has 0 aromatic carbocycles. The summed E-state index contributed by atoms with van der Waals surface area (Å²) < 4.78 is 5.09. The fourth-order valence-corrected chi connectivity index (χ4v) is 1.90. The Kier molecular flexibility index (Phi) is 3.20. The number of esters is 1. The van der Waals surface area contributed by atoms with Gasteiger partial charge in [-0.1, -0.05) is 27.7 Å². The van der Waals surface area contributed by atoms with Crippen molar-refractivity contribution in [3.05, 3.63) is 0 Å². The lowest BCUT2D eigenvalue weighted by Gasteiger charge is -2.27. The molecule has 0 aliphatic carbocycles. The average molecular weight is 200 g/mol. The molecule has 1 saturated heterocycles. The van der Waals surface area contributed by atoms with E-state index in [9.17, 15) is 9.90 Å². The second kappa shape index (κ2) is 3.89. The van der Waals surface area contributed by atoms with Crippen LogP contribution in [0.4, 0.5) is 0 Å². The van der Waals surface area contributed by atoms with Gasteiger partial charge in [0.15, 0.2) is 0 Å². The Hall–Kier alpha value is -0.570. The van der Waals surface area contributed by atoms with E-state index < -0.39 is 6.10 Å². The van der Waals surface area contributed by atoms with Gasteiger partial charge in [0.25, 0.3) is 0 Å². The second-order valence-corrected chi connectivity index (χ2v) is 5.47. The van der Waals surface area contributed by atoms with E-state index in [1.165, 1.54) is 0 Å². The van der Waals surface area contributed by atoms with Gasteiger partial charge in [-0.15, -0.1) is 0 Å². The summed E-state index contributed by atoms with van der Waals surface area (Å²) in [6, 6.07) is 0. The molecule has 0 aromatic heterocycles. The van der Waals surface area contributed by atoms with E-state index in [2.05, 4.69) is 20.8 Å². The first kappa shape index (κ1) is 11.5. The van der Waals surface area contributed by atoms with Crippen LogP contribution >= 0.6 is 0 Å². The highest BCUT2D eigenvalue weighted by atomic mass is 16.6. The summed E-state index contributed by atoms with van der Waals surface area (Å²) in [6.07, 6.45) is 0.263. The number of aliphatic hydroxyl groups excluding tert-OH is 1. The molecule has 0 radical (unpaired) electrons. The molecule has 0 unspecified atom stereocenters. The molecule has 82 valence electrons. The fraction of sp³-hybridized carbons (Fsp3) is 0.909. The monoisotopic (exact) mass is 200 g/mol. The van der Waals surface area contributed by atoms with E-state index in [0.29, 0.717) is 12.8 Å². The predicted octanol–water partition coefficient (Wildman–Crippen LogP) is 1.74. The summed E-state index contributed by atoms with van der Waals surface area (Å²) in [4.78, 5) is 11.0. The Bertz CT molecular complexity index is 217. The maximum absolute atomic E-state index is 11.0. The maximum Gasteiger partial charge on any atom is 0.306 e. The van der Waals surface area contributed by atoms with Gasteiger partial charge in [0.2, 0.25) is 0 Å². The Morgan fingerprint density at radius 2 is 2.14 bits per heavy atom. The Labute approximate surface area is 85.5 Å². The van der Waals surface area contributed by atoms with Crippen LogP contribution in [0.25, 0.3) is 0 Å². The van der Waals surface area contributed by atoms with Gasteiger partial charge in [0.05, 0.1) is 12.5 Å². The van der Waals surface area contributed by atoms with Gasteiger partial charge in [0.1, 0.15) is 6.10 Å². The minimum absolute atomic E-state index is 0.0636. The topological polar surface area (TPSA) is 46.5 Å². The van der Waals surface area contributed by atoms with Gasteiger partial charge in [0, 0.05) is 5.92 Å². The standard InChI is InChI=1S/C11H20O3/c1-7-5-9(13)14-10(7)8(12)6-11(2,3)4/h7-8,10,12H,5-6H2,1-4H3/t7-,8-,10+/m0/s1. The molecule has 0 aromatic rings. The fourth-order valence-electron chi connectivity index (χ4n) is 1.90. The van der Waals surface area contributed by atoms with Crippen molar-refractivity contribution in [2.24, 2.45) is 11.3 Å². The van der Waals surface area contributed by atoms with Crippen LogP contribution < -0.4 is 0 Å². The average Bonchev–Trinajstić information content (AvgIpc) is 2.26. The number of ether oxygens (including phenoxy) is 1. The SMILES string of the molecule is C[C@H]1CC(=O)O[C@H]1[C@@H](O)CC(C)(C)C. The van der Waals surface area contributed by atoms with E-state index in [-0.39, 0.29) is 23.4 Å². The molecule has 14 heavy (non-hydrogen) atoms. The lowest BCUT2D eigenvalue weighted by molar-refractivity contribution is -0.146. The lowest BCUT2D eigenvalue weighted by atomic mass is 9.85. The number of cyclic esters (lactones) is 1. The molecular weight excluding hydrogens is 180 g/mol. The summed E-state index contributed by atoms with van der Waals surface area (Å²) in [5.41, 5.74) is 0.0636. The van der Waals surface area contributed by atoms with E-state index in [1.807, 2.05) is 6.92 Å². The van der Waals surface area contributed by atoms with E-state index >= 15 is 0 Å². The van der Waals surface area contributed by atoms with Crippen molar-refractivity contribution >= 4 is 5.97 Å². The molecule has 1 aliphatic heterocycles. The van der Waals surface area contributed by atoms with E-state index in [4.69, 9.17) is 4.74 Å². The van der Waals surface area contributed by atoms with Gasteiger partial charge in [-0.3, -0.25) is 4.79 Å². The molecule has 3 atom stereocenters. The zero-order valence-electron chi connectivity index (χ0n) is 9.41. The van der Waals surface area contributed by atoms with Gasteiger partial charge < -0.3 is 9.84 Å². The lowest BCUT2D eigenvalue weighted by Crippen LogP contribution is -2.33. The molecule has 3 heteroatoms. The molecule has 1 heterocycles. The number of rotatable bonds is 2. The minimum atomic E-state index is -0.531. The molecule has 0 saturated carbocycles. The minimum Gasteiger partial charge on any atom is -0.459 e. The molecule has 1 fully saturated rings. The first-order valence-corrected chi connectivity index (χ1v) is 5.17. The molecular formula is C11H20O3. The molecule has 1 aliphatic rings. The molecule has 0 bridgehead atoms. The Morgan fingerprint density at radius 1 is 1.57 bits per heavy atom. The molecule has 1 N–H and O–H groups in total. The highest BCUT2D eigenvalue weighted by Crippen LogP contribution is 2.30. The van der Waals surface area contributed by atoms with Crippen LogP contribution in [0.1, 0.15) is 40.5 Å². The summed E-state index contributed by atoms with van der Waals surface area (Å²) in [7, 11) is 0. The first-order chi connectivity index (χ1) is 6.29. The van der Waals surface area contributed by atoms with Crippen LogP contribution in [0.15, 0.2) is 0 Å². The van der Waals surface area contributed by atoms with Crippen molar-refractivity contribution in [2.75, 3.05) is 0 Å². The van der Waals surface area contributed by atoms with Gasteiger partial charge in [-0.2, -0.15) is 0 Å². The maximum atomic E-state index is 11.0. The molecule has 1 rings (SSSR count). The smallest absolute Gasteiger partial charge is 0.306 e. The Morgan fingerprint density at radius 3 is 2.50 bits per heavy atom. The third kappa shape index (κ3) is 2.98. The van der Waals surface area contributed by atoms with Crippen molar-refractivity contribution in [1.82, 2.24) is 0 Å². The Balaban J connectivity index is 2.53. The van der Waals surface area contributed by atoms with Crippen molar-refractivity contribution in [1.29, 1.82) is 0 Å². The van der Waals surface area contributed by atoms with Gasteiger partial charge in [-0.05, 0) is 11.8 Å². The third-order valence-corrected chi connectivity index (χ3v) is 2.52. The first-order valence-electron chi connectivity index (χ1n) is 5.17. The van der Waals surface area contributed by atoms with Crippen LogP contribution in [0.5, 0.6) is 0 Å². The van der Waals surface area contributed by atoms with Crippen LogP contribution in [-0.2, 0) is 9.53 Å². The summed E-state index contributed by atoms with van der Waals surface area (Å²) in [5, 5.41) is 9.90. The number of hydrogen-bond donors (Lipinski definition) is 1. The zero-order chi connectivity index (χ0) is 10.9.